The van der Waals surface area contributed by atoms with Crippen molar-refractivity contribution in [3.63, 3.8) is 0 Å². The maximum absolute atomic E-state index is 13.5. The van der Waals surface area contributed by atoms with Gasteiger partial charge in [0.2, 0.25) is 17.5 Å². The predicted octanol–water partition coefficient (Wildman–Crippen LogP) is 1.90. The average Bonchev–Trinajstić information content (AvgIpc) is 2.91. The summed E-state index contributed by atoms with van der Waals surface area (Å²) in [7, 11) is 2.87. The summed E-state index contributed by atoms with van der Waals surface area (Å²) in [6, 6.07) is 0. The second kappa shape index (κ2) is 15.4. The fraction of sp³-hybridized carbons (Fsp3) is 0.500. The molecule has 1 aliphatic carbocycles. The van der Waals surface area contributed by atoms with Gasteiger partial charge in [-0.05, 0) is 38.2 Å². The van der Waals surface area contributed by atoms with Crippen LogP contribution in [0.2, 0.25) is 0 Å². The Labute approximate surface area is 245 Å². The maximum Gasteiger partial charge on any atom is 0.405 e. The van der Waals surface area contributed by atoms with Gasteiger partial charge in [0.1, 0.15) is 6.10 Å². The second-order valence-corrected chi connectivity index (χ2v) is 10.6. The van der Waals surface area contributed by atoms with E-state index in [0.29, 0.717) is 5.57 Å². The quantitative estimate of drug-likeness (QED) is 0.282. The van der Waals surface area contributed by atoms with E-state index in [-0.39, 0.29) is 41.3 Å². The number of carbonyl (C=O) groups excluding carboxylic acids is 5. The van der Waals surface area contributed by atoms with E-state index in [1.54, 1.807) is 26.0 Å². The number of aliphatic hydroxyl groups is 1. The molecule has 0 aromatic rings. The van der Waals surface area contributed by atoms with Crippen LogP contribution in [0.5, 0.6) is 0 Å². The van der Waals surface area contributed by atoms with E-state index in [1.165, 1.54) is 40.2 Å². The number of fused-ring (bicyclic) bond motifs is 2. The number of aliphatic hydroxyl groups excluding tert-OH is 1. The first-order valence-corrected chi connectivity index (χ1v) is 13.6. The number of nitrogens with two attached hydrogens (primary N) is 1. The lowest BCUT2D eigenvalue weighted by molar-refractivity contribution is -0.122. The van der Waals surface area contributed by atoms with Gasteiger partial charge in [-0.3, -0.25) is 19.2 Å². The number of ether oxygens (including phenoxy) is 3. The molecule has 0 aromatic heterocycles. The molecule has 12 heteroatoms. The third kappa shape index (κ3) is 9.07. The molecule has 0 radical (unpaired) electrons. The van der Waals surface area contributed by atoms with Crippen LogP contribution in [0.1, 0.15) is 47.5 Å². The van der Waals surface area contributed by atoms with Crippen molar-refractivity contribution in [2.75, 3.05) is 14.2 Å². The third-order valence-electron chi connectivity index (χ3n) is 7.09. The molecular formula is C30H41N3O9. The van der Waals surface area contributed by atoms with Crippen LogP contribution in [-0.2, 0) is 33.4 Å². The molecule has 1 heterocycles. The molecule has 6 unspecified atom stereocenters. The number of Topliss-reactive ketones (excluding diaryl/α,β-unsaturated/α-hetero) is 1. The second-order valence-electron chi connectivity index (χ2n) is 10.6. The van der Waals surface area contributed by atoms with Gasteiger partial charge in [-0.15, -0.1) is 0 Å². The third-order valence-corrected chi connectivity index (χ3v) is 7.09. The van der Waals surface area contributed by atoms with E-state index in [0.717, 1.165) is 6.08 Å². The Kier molecular flexibility index (Phi) is 12.6. The lowest BCUT2D eigenvalue weighted by atomic mass is 9.85. The molecule has 0 spiro atoms. The van der Waals surface area contributed by atoms with Gasteiger partial charge < -0.3 is 35.7 Å². The zero-order valence-corrected chi connectivity index (χ0v) is 25.1. The summed E-state index contributed by atoms with van der Waals surface area (Å²) in [5.41, 5.74) is 5.76. The van der Waals surface area contributed by atoms with Crippen LogP contribution in [0.15, 0.2) is 58.5 Å². The Bertz CT molecular complexity index is 1240. The topological polar surface area (TPSA) is 183 Å². The first-order chi connectivity index (χ1) is 19.7. The molecule has 0 fully saturated rings. The van der Waals surface area contributed by atoms with Crippen LogP contribution >= 0.6 is 0 Å². The van der Waals surface area contributed by atoms with Gasteiger partial charge >= 0.3 is 6.09 Å². The number of carbonyl (C=O) groups is 5. The number of nitrogens with one attached hydrogen (secondary N) is 2. The normalized spacial score (nSPS) is 31.6. The standard InChI is InChI=1S/C30H41N3O9/c1-15-11-20-25(32-19(5)34)22(35)14-21(27(20)37)33-29(38)16(2)9-8-10-23(40-6)28(42-30(31)39)18(4)13-17(3)26(36)24(12-15)41-7/h8-10,13-15,17,23-24,26,28,36H,11-12H2,1-7H3,(H2,31,39)(H,32,34)(H,33,38)/b10-8-,16-9+,18-13+. The Balaban J connectivity index is 2.64. The summed E-state index contributed by atoms with van der Waals surface area (Å²) in [4.78, 5) is 62.9. The van der Waals surface area contributed by atoms with Crippen molar-refractivity contribution in [3.8, 4) is 0 Å². The van der Waals surface area contributed by atoms with Gasteiger partial charge in [-0.2, -0.15) is 0 Å². The molecule has 0 aromatic carbocycles. The molecule has 0 saturated carbocycles. The number of hydrogen-bond acceptors (Lipinski definition) is 9. The van der Waals surface area contributed by atoms with Crippen molar-refractivity contribution in [1.82, 2.24) is 10.6 Å². The Morgan fingerprint density at radius 3 is 2.36 bits per heavy atom. The molecule has 2 rings (SSSR count). The van der Waals surface area contributed by atoms with Crippen LogP contribution in [0, 0.1) is 11.8 Å². The van der Waals surface area contributed by atoms with E-state index >= 15 is 0 Å². The van der Waals surface area contributed by atoms with Crippen LogP contribution < -0.4 is 16.4 Å². The largest absolute Gasteiger partial charge is 0.439 e. The molecule has 6 atom stereocenters. The Morgan fingerprint density at radius 1 is 1.12 bits per heavy atom. The molecule has 1 aliphatic heterocycles. The smallest absolute Gasteiger partial charge is 0.405 e. The van der Waals surface area contributed by atoms with Crippen LogP contribution in [0.3, 0.4) is 0 Å². The summed E-state index contributed by atoms with van der Waals surface area (Å²) < 4.78 is 16.5. The van der Waals surface area contributed by atoms with Crippen molar-refractivity contribution < 1.29 is 43.3 Å². The molecule has 5 N–H and O–H groups in total. The number of primary amides is 1. The molecule has 2 aliphatic rings. The summed E-state index contributed by atoms with van der Waals surface area (Å²) in [6.07, 6.45) is 3.15. The molecular weight excluding hydrogens is 546 g/mol. The maximum atomic E-state index is 13.5. The minimum Gasteiger partial charge on any atom is -0.439 e. The predicted molar refractivity (Wildman–Crippen MR) is 153 cm³/mol. The lowest BCUT2D eigenvalue weighted by Crippen LogP contribution is -2.38. The van der Waals surface area contributed by atoms with Gasteiger partial charge in [0, 0.05) is 44.3 Å². The summed E-state index contributed by atoms with van der Waals surface area (Å²) in [5, 5.41) is 16.1. The van der Waals surface area contributed by atoms with Gasteiger partial charge in [-0.25, -0.2) is 4.79 Å². The van der Waals surface area contributed by atoms with Crippen molar-refractivity contribution in [3.05, 3.63) is 58.5 Å². The van der Waals surface area contributed by atoms with Gasteiger partial charge in [0.05, 0.1) is 23.6 Å². The molecule has 0 saturated heterocycles. The zero-order valence-electron chi connectivity index (χ0n) is 25.1. The van der Waals surface area contributed by atoms with Crippen molar-refractivity contribution in [2.45, 2.75) is 71.9 Å². The highest BCUT2D eigenvalue weighted by atomic mass is 16.6. The lowest BCUT2D eigenvalue weighted by Gasteiger charge is -2.30. The number of amides is 3. The summed E-state index contributed by atoms with van der Waals surface area (Å²) in [6.45, 7) is 8.04. The first-order valence-electron chi connectivity index (χ1n) is 13.6. The van der Waals surface area contributed by atoms with Gasteiger partial charge in [0.15, 0.2) is 6.10 Å². The number of ketones is 2. The average molecular weight is 588 g/mol. The van der Waals surface area contributed by atoms with Crippen molar-refractivity contribution >= 4 is 29.5 Å². The van der Waals surface area contributed by atoms with Crippen molar-refractivity contribution in [2.24, 2.45) is 17.6 Å². The highest BCUT2D eigenvalue weighted by Crippen LogP contribution is 2.28. The van der Waals surface area contributed by atoms with E-state index in [2.05, 4.69) is 10.6 Å². The van der Waals surface area contributed by atoms with E-state index < -0.39 is 59.8 Å². The Morgan fingerprint density at radius 2 is 1.79 bits per heavy atom. The Hall–Kier alpha value is -3.87. The van der Waals surface area contributed by atoms with Crippen molar-refractivity contribution in [1.29, 1.82) is 0 Å². The molecule has 42 heavy (non-hydrogen) atoms. The molecule has 230 valence electrons. The molecule has 3 amide bonds. The van der Waals surface area contributed by atoms with E-state index in [4.69, 9.17) is 19.9 Å². The summed E-state index contributed by atoms with van der Waals surface area (Å²) >= 11 is 0. The number of hydrogen-bond donors (Lipinski definition) is 4. The fourth-order valence-electron chi connectivity index (χ4n) is 4.90. The number of methoxy groups -OCH3 is 2. The van der Waals surface area contributed by atoms with E-state index in [1.807, 2.05) is 6.92 Å². The number of rotatable bonds is 4. The van der Waals surface area contributed by atoms with Gasteiger partial charge in [0.25, 0.3) is 5.91 Å². The van der Waals surface area contributed by atoms with Gasteiger partial charge in [-0.1, -0.05) is 38.2 Å². The van der Waals surface area contributed by atoms with Crippen LogP contribution in [-0.4, -0.2) is 73.2 Å². The minimum absolute atomic E-state index is 0.0439. The van der Waals surface area contributed by atoms with E-state index in [9.17, 15) is 29.1 Å². The minimum atomic E-state index is -1.02. The zero-order chi connectivity index (χ0) is 31.7. The SMILES string of the molecule is COC1/C=C\C=C(/C)C(=O)NC2=CC(=O)C(NC(C)=O)=C(CC(C)CC(OC)C(O)C(C)/C=C(\C)C1OC(N)=O)C2=O. The molecule has 2 bridgehead atoms. The highest BCUT2D eigenvalue weighted by Gasteiger charge is 2.33. The molecule has 12 nitrogen and oxygen atoms in total. The first kappa shape index (κ1) is 34.3. The van der Waals surface area contributed by atoms with Crippen LogP contribution in [0.4, 0.5) is 4.79 Å². The van der Waals surface area contributed by atoms with Crippen LogP contribution in [0.25, 0.3) is 0 Å². The fourth-order valence-corrected chi connectivity index (χ4v) is 4.90. The number of allylic oxidation sites excluding steroid dienone is 4. The monoisotopic (exact) mass is 587 g/mol. The summed E-state index contributed by atoms with van der Waals surface area (Å²) in [5.74, 6) is -3.17. The highest BCUT2D eigenvalue weighted by molar-refractivity contribution is 6.24.